The second-order valence-corrected chi connectivity index (χ2v) is 6.98. The number of nitrogens with one attached hydrogen (secondary N) is 1. The highest BCUT2D eigenvalue weighted by Crippen LogP contribution is 2.12. The summed E-state index contributed by atoms with van der Waals surface area (Å²) >= 11 is 0.829. The molecule has 1 atom stereocenters. The molecule has 9 heteroatoms. The van der Waals surface area contributed by atoms with E-state index in [0.29, 0.717) is 0 Å². The summed E-state index contributed by atoms with van der Waals surface area (Å²) in [6, 6.07) is 4.57. The number of sulfonamides is 1. The van der Waals surface area contributed by atoms with Crippen molar-refractivity contribution in [2.24, 2.45) is 0 Å². The van der Waals surface area contributed by atoms with Crippen LogP contribution in [0.3, 0.4) is 0 Å². The van der Waals surface area contributed by atoms with Gasteiger partial charge < -0.3 is 10.2 Å². The van der Waals surface area contributed by atoms with Crippen LogP contribution in [0.5, 0.6) is 0 Å². The number of thioether (sulfide) groups is 1. The van der Waals surface area contributed by atoms with Crippen LogP contribution in [-0.2, 0) is 19.6 Å². The Balaban J connectivity index is 2.79. The maximum absolute atomic E-state index is 12.1. The zero-order chi connectivity index (χ0) is 16.0. The lowest BCUT2D eigenvalue weighted by Crippen LogP contribution is -2.42. The molecule has 0 unspecified atom stereocenters. The van der Waals surface area contributed by atoms with Gasteiger partial charge in [-0.15, -0.1) is 11.8 Å². The largest absolute Gasteiger partial charge is 0.481 e. The number of hydrogen-bond acceptors (Lipinski definition) is 5. The monoisotopic (exact) mass is 333 g/mol. The second-order valence-electron chi connectivity index (χ2n) is 4.23. The fourth-order valence-corrected chi connectivity index (χ4v) is 3.44. The molecule has 1 aromatic carbocycles. The molecule has 0 aliphatic carbocycles. The van der Waals surface area contributed by atoms with Crippen LogP contribution >= 0.6 is 11.8 Å². The van der Waals surface area contributed by atoms with E-state index in [1.54, 1.807) is 19.1 Å². The topological polar surface area (TPSA) is 121 Å². The molecule has 0 bridgehead atoms. The smallest absolute Gasteiger partial charge is 0.322 e. The number of aryl methyl sites for hydroxylation is 1. The standard InChI is InChI=1S/C12H15NO6S2/c1-8-2-4-9(5-3-8)21(18,19)13-10(12(16)17)6-20-7-11(14)15/h2-5,10,13H,6-7H2,1H3,(H,14,15)(H,16,17)/t10-/m0/s1. The van der Waals surface area contributed by atoms with Crippen molar-refractivity contribution in [3.05, 3.63) is 29.8 Å². The highest BCUT2D eigenvalue weighted by atomic mass is 32.2. The number of rotatable bonds is 8. The Morgan fingerprint density at radius 1 is 1.24 bits per heavy atom. The molecule has 3 N–H and O–H groups in total. The van der Waals surface area contributed by atoms with Gasteiger partial charge in [-0.1, -0.05) is 17.7 Å². The second kappa shape index (κ2) is 7.43. The molecule has 0 aliphatic heterocycles. The van der Waals surface area contributed by atoms with Gasteiger partial charge in [0, 0.05) is 5.75 Å². The SMILES string of the molecule is Cc1ccc(S(=O)(=O)N[C@@H](CSCC(=O)O)C(=O)O)cc1. The summed E-state index contributed by atoms with van der Waals surface area (Å²) in [6.45, 7) is 1.80. The molecule has 0 saturated carbocycles. The number of hydrogen-bond donors (Lipinski definition) is 3. The highest BCUT2D eigenvalue weighted by molar-refractivity contribution is 8.00. The molecule has 0 spiro atoms. The van der Waals surface area contributed by atoms with E-state index in [-0.39, 0.29) is 16.4 Å². The Morgan fingerprint density at radius 2 is 1.81 bits per heavy atom. The van der Waals surface area contributed by atoms with Crippen LogP contribution in [0.1, 0.15) is 5.56 Å². The first-order valence-corrected chi connectivity index (χ1v) is 8.47. The average Bonchev–Trinajstić information content (AvgIpc) is 2.37. The van der Waals surface area contributed by atoms with Gasteiger partial charge in [0.25, 0.3) is 0 Å². The molecular weight excluding hydrogens is 318 g/mol. The first-order valence-electron chi connectivity index (χ1n) is 5.83. The Bertz CT molecular complexity index is 611. The van der Waals surface area contributed by atoms with Crippen molar-refractivity contribution >= 4 is 33.7 Å². The molecule has 21 heavy (non-hydrogen) atoms. The molecule has 1 aromatic rings. The third kappa shape index (κ3) is 5.74. The number of carboxylic acid groups (broad SMARTS) is 2. The number of carbonyl (C=O) groups is 2. The molecule has 0 amide bonds. The summed E-state index contributed by atoms with van der Waals surface area (Å²) in [5, 5.41) is 17.5. The maximum Gasteiger partial charge on any atom is 0.322 e. The predicted octanol–water partition coefficient (Wildman–Crippen LogP) is 0.544. The summed E-state index contributed by atoms with van der Waals surface area (Å²) in [4.78, 5) is 21.4. The lowest BCUT2D eigenvalue weighted by Gasteiger charge is -2.14. The summed E-state index contributed by atoms with van der Waals surface area (Å²) in [5.74, 6) is -2.92. The van der Waals surface area contributed by atoms with Crippen molar-refractivity contribution < 1.29 is 28.2 Å². The molecule has 1 rings (SSSR count). The van der Waals surface area contributed by atoms with E-state index in [1.165, 1.54) is 12.1 Å². The fraction of sp³-hybridized carbons (Fsp3) is 0.333. The first kappa shape index (κ1) is 17.5. The Kier molecular flexibility index (Phi) is 6.19. The van der Waals surface area contributed by atoms with E-state index in [2.05, 4.69) is 4.72 Å². The van der Waals surface area contributed by atoms with E-state index in [1.807, 2.05) is 0 Å². The Labute approximate surface area is 126 Å². The molecule has 0 fully saturated rings. The van der Waals surface area contributed by atoms with Crippen LogP contribution in [0.15, 0.2) is 29.2 Å². The minimum atomic E-state index is -3.96. The van der Waals surface area contributed by atoms with Gasteiger partial charge in [0.1, 0.15) is 6.04 Å². The van der Waals surface area contributed by atoms with E-state index in [4.69, 9.17) is 10.2 Å². The Morgan fingerprint density at radius 3 is 2.29 bits per heavy atom. The van der Waals surface area contributed by atoms with Crippen molar-refractivity contribution in [2.45, 2.75) is 17.9 Å². The van der Waals surface area contributed by atoms with Gasteiger partial charge in [-0.3, -0.25) is 9.59 Å². The Hall–Kier alpha value is -1.58. The van der Waals surface area contributed by atoms with Crippen molar-refractivity contribution in [3.8, 4) is 0 Å². The number of benzene rings is 1. The number of aliphatic carboxylic acids is 2. The lowest BCUT2D eigenvalue weighted by molar-refractivity contribution is -0.138. The number of carboxylic acids is 2. The van der Waals surface area contributed by atoms with Crippen molar-refractivity contribution in [2.75, 3.05) is 11.5 Å². The van der Waals surface area contributed by atoms with Gasteiger partial charge in [-0.2, -0.15) is 4.72 Å². The summed E-state index contributed by atoms with van der Waals surface area (Å²) in [5.41, 5.74) is 0.876. The molecule has 0 aliphatic rings. The van der Waals surface area contributed by atoms with Crippen LogP contribution in [0.2, 0.25) is 0 Å². The zero-order valence-corrected chi connectivity index (χ0v) is 12.8. The van der Waals surface area contributed by atoms with Crippen LogP contribution in [0.25, 0.3) is 0 Å². The van der Waals surface area contributed by atoms with Gasteiger partial charge in [0.05, 0.1) is 10.6 Å². The lowest BCUT2D eigenvalue weighted by atomic mass is 10.2. The molecule has 7 nitrogen and oxygen atoms in total. The van der Waals surface area contributed by atoms with E-state index in [0.717, 1.165) is 17.3 Å². The van der Waals surface area contributed by atoms with Gasteiger partial charge in [0.15, 0.2) is 0 Å². The summed E-state index contributed by atoms with van der Waals surface area (Å²) in [7, 11) is -3.96. The molecule has 0 heterocycles. The van der Waals surface area contributed by atoms with Crippen molar-refractivity contribution in [1.29, 1.82) is 0 Å². The van der Waals surface area contributed by atoms with E-state index < -0.39 is 28.0 Å². The van der Waals surface area contributed by atoms with Gasteiger partial charge in [-0.25, -0.2) is 8.42 Å². The predicted molar refractivity (Wildman–Crippen MR) is 77.9 cm³/mol. The third-order valence-electron chi connectivity index (χ3n) is 2.44. The molecule has 116 valence electrons. The van der Waals surface area contributed by atoms with E-state index in [9.17, 15) is 18.0 Å². The van der Waals surface area contributed by atoms with Crippen molar-refractivity contribution in [1.82, 2.24) is 4.72 Å². The molecule has 0 radical (unpaired) electrons. The first-order chi connectivity index (χ1) is 9.72. The average molecular weight is 333 g/mol. The zero-order valence-electron chi connectivity index (χ0n) is 11.1. The minimum absolute atomic E-state index is 0.0393. The van der Waals surface area contributed by atoms with Crippen LogP contribution in [-0.4, -0.2) is 48.1 Å². The fourth-order valence-electron chi connectivity index (χ4n) is 1.39. The van der Waals surface area contributed by atoms with Crippen molar-refractivity contribution in [3.63, 3.8) is 0 Å². The molecular formula is C12H15NO6S2. The van der Waals surface area contributed by atoms with Gasteiger partial charge in [-0.05, 0) is 19.1 Å². The van der Waals surface area contributed by atoms with Crippen LogP contribution < -0.4 is 4.72 Å². The summed E-state index contributed by atoms with van der Waals surface area (Å²) < 4.78 is 26.2. The van der Waals surface area contributed by atoms with Crippen LogP contribution in [0, 0.1) is 6.92 Å². The maximum atomic E-state index is 12.1. The molecule has 0 aromatic heterocycles. The highest BCUT2D eigenvalue weighted by Gasteiger charge is 2.25. The summed E-state index contributed by atoms with van der Waals surface area (Å²) in [6.07, 6.45) is 0. The minimum Gasteiger partial charge on any atom is -0.481 e. The quantitative estimate of drug-likeness (QED) is 0.635. The molecule has 0 saturated heterocycles. The van der Waals surface area contributed by atoms with Gasteiger partial charge >= 0.3 is 11.9 Å². The van der Waals surface area contributed by atoms with Gasteiger partial charge in [0.2, 0.25) is 10.0 Å². The third-order valence-corrected chi connectivity index (χ3v) is 4.94. The normalized spacial score (nSPS) is 12.8. The van der Waals surface area contributed by atoms with E-state index >= 15 is 0 Å². The van der Waals surface area contributed by atoms with Crippen LogP contribution in [0.4, 0.5) is 0 Å².